The van der Waals surface area contributed by atoms with Gasteiger partial charge in [-0.3, -0.25) is 0 Å². The molecule has 468 valence electrons. The van der Waals surface area contributed by atoms with Gasteiger partial charge in [0.1, 0.15) is 22.3 Å². The topological polar surface area (TPSA) is 74.4 Å². The van der Waals surface area contributed by atoms with Gasteiger partial charge in [-0.25, -0.2) is 0 Å². The van der Waals surface area contributed by atoms with Crippen LogP contribution in [0.2, 0.25) is 0 Å². The molecule has 0 atom stereocenters. The van der Waals surface area contributed by atoms with Crippen molar-refractivity contribution in [2.24, 2.45) is 0 Å². The van der Waals surface area contributed by atoms with Crippen LogP contribution in [0.3, 0.4) is 0 Å². The second-order valence-corrected chi connectivity index (χ2v) is 26.1. The Morgan fingerprint density at radius 2 is 0.531 bits per heavy atom. The summed E-state index contributed by atoms with van der Waals surface area (Å²) in [5.41, 5.74) is 19.6. The molecule has 0 saturated carbocycles. The normalized spacial score (nSPS) is 11.1. The van der Waals surface area contributed by atoms with Crippen LogP contribution < -0.4 is 21.3 Å². The number of benzene rings is 15. The fraction of sp³-hybridized carbons (Fsp3) is 0. The van der Waals surface area contributed by atoms with Crippen LogP contribution in [0.25, 0.3) is 118 Å². The number of fused-ring (bicyclic) bond motifs is 12. The summed E-state index contributed by atoms with van der Waals surface area (Å²) in [4.78, 5) is 0. The minimum absolute atomic E-state index is 0.899. The summed E-state index contributed by atoms with van der Waals surface area (Å²) in [6.45, 7) is 0. The molecule has 0 aliphatic heterocycles. The number of hydrogen-bond donors (Lipinski definition) is 4. The fourth-order valence-electron chi connectivity index (χ4n) is 12.7. The third-order valence-corrected chi connectivity index (χ3v) is 19.7. The van der Waals surface area contributed by atoms with Crippen LogP contribution in [-0.4, -0.2) is 0 Å². The number of furan rings is 2. The van der Waals surface area contributed by atoms with Crippen molar-refractivity contribution in [3.05, 3.63) is 364 Å². The first kappa shape index (κ1) is 60.5. The van der Waals surface area contributed by atoms with Crippen LogP contribution in [0.4, 0.5) is 45.5 Å². The molecule has 4 N–H and O–H groups in total. The molecule has 0 aliphatic rings. The zero-order valence-electron chi connectivity index (χ0n) is 53.3. The van der Waals surface area contributed by atoms with Crippen molar-refractivity contribution >= 4 is 152 Å². The quantitative estimate of drug-likeness (QED) is 0.103. The Morgan fingerprint density at radius 3 is 1.11 bits per heavy atom. The summed E-state index contributed by atoms with van der Waals surface area (Å²) in [6, 6.07) is 126. The van der Waals surface area contributed by atoms with Crippen LogP contribution in [0.15, 0.2) is 373 Å². The van der Waals surface area contributed by atoms with Gasteiger partial charge in [0.15, 0.2) is 0 Å². The van der Waals surface area contributed by atoms with E-state index in [-0.39, 0.29) is 0 Å². The van der Waals surface area contributed by atoms with Crippen LogP contribution in [0.1, 0.15) is 0 Å². The van der Waals surface area contributed by atoms with E-state index in [4.69, 9.17) is 8.83 Å². The number of nitrogens with one attached hydrogen (secondary N) is 4. The van der Waals surface area contributed by atoms with Gasteiger partial charge in [0.25, 0.3) is 0 Å². The van der Waals surface area contributed by atoms with E-state index in [1.54, 1.807) is 0 Å². The van der Waals surface area contributed by atoms with Crippen molar-refractivity contribution in [1.82, 2.24) is 0 Å². The Kier molecular flexibility index (Phi) is 17.2. The minimum atomic E-state index is 0.899. The molecule has 0 saturated heterocycles. The predicted molar refractivity (Wildman–Crippen MR) is 421 cm³/mol. The molecule has 0 amide bonds. The maximum absolute atomic E-state index is 5.98. The fourth-order valence-corrected chi connectivity index (χ4v) is 14.9. The van der Waals surface area contributed by atoms with E-state index in [9.17, 15) is 0 Å². The summed E-state index contributed by atoms with van der Waals surface area (Å²) < 4.78 is 17.2. The van der Waals surface area contributed by atoms with E-state index < -0.39 is 0 Å². The smallest absolute Gasteiger partial charge is 0.137 e. The highest BCUT2D eigenvalue weighted by Crippen LogP contribution is 2.41. The van der Waals surface area contributed by atoms with Gasteiger partial charge in [-0.1, -0.05) is 224 Å². The lowest BCUT2D eigenvalue weighted by Crippen LogP contribution is -1.91. The maximum atomic E-state index is 5.98. The molecule has 0 bridgehead atoms. The van der Waals surface area contributed by atoms with Gasteiger partial charge in [-0.2, -0.15) is 0 Å². The van der Waals surface area contributed by atoms with Crippen LogP contribution in [-0.2, 0) is 0 Å². The first-order valence-corrected chi connectivity index (χ1v) is 34.4. The minimum Gasteiger partial charge on any atom is -0.456 e. The Morgan fingerprint density at radius 1 is 0.184 bits per heavy atom. The largest absolute Gasteiger partial charge is 0.456 e. The first-order valence-electron chi connectivity index (χ1n) is 32.8. The van der Waals surface area contributed by atoms with Crippen LogP contribution >= 0.6 is 22.7 Å². The standard InChI is InChI=1S/C24H17NO.2C24H17NS.C18H13NO/c1-2-7-17(8-3-1)18-9-6-10-19(15-18)25-20-13-14-22-21-11-4-5-12-23(21)26-24(22)16-20;1-2-8-17(9-3-1)18-10-6-11-19(16-18)25-21-13-7-15-23-24(21)20-12-4-5-14-22(20)26-23;1-2-6-17(7-3-1)18-10-12-19(13-11-18)25-20-14-15-24-22(16-20)21-8-4-5-9-23(21)26-24;1-2-6-13(7-3-1)19-14-10-11-16-15-8-4-5-9-17(15)20-18(16)12-14/h3*1-16,25H;1-12,19H. The molecule has 0 radical (unpaired) electrons. The zero-order valence-corrected chi connectivity index (χ0v) is 54.9. The zero-order chi connectivity index (χ0) is 65.4. The number of thiophene rings is 2. The van der Waals surface area contributed by atoms with Gasteiger partial charge in [-0.15, -0.1) is 22.7 Å². The summed E-state index contributed by atoms with van der Waals surface area (Å²) in [5, 5.41) is 23.9. The second kappa shape index (κ2) is 27.9. The molecule has 0 spiro atoms. The molecule has 4 heterocycles. The van der Waals surface area contributed by atoms with E-state index in [1.165, 1.54) is 73.7 Å². The van der Waals surface area contributed by atoms with Crippen molar-refractivity contribution in [3.63, 3.8) is 0 Å². The molecular weight excluding hydrogens is 1230 g/mol. The first-order chi connectivity index (χ1) is 48.5. The van der Waals surface area contributed by atoms with Crippen molar-refractivity contribution in [2.45, 2.75) is 0 Å². The van der Waals surface area contributed by atoms with E-state index in [0.717, 1.165) is 89.4 Å². The molecule has 15 aromatic carbocycles. The third kappa shape index (κ3) is 13.3. The summed E-state index contributed by atoms with van der Waals surface area (Å²) in [7, 11) is 0. The molecule has 8 heteroatoms. The van der Waals surface area contributed by atoms with Crippen molar-refractivity contribution in [1.29, 1.82) is 0 Å². The average molecular weight is 1300 g/mol. The van der Waals surface area contributed by atoms with E-state index in [2.05, 4.69) is 294 Å². The summed E-state index contributed by atoms with van der Waals surface area (Å²) in [5.74, 6) is 0. The molecule has 6 nitrogen and oxygen atoms in total. The van der Waals surface area contributed by atoms with Gasteiger partial charge in [0, 0.05) is 120 Å². The molecular formula is C90H64N4O2S2. The molecule has 0 aliphatic carbocycles. The Labute approximate surface area is 576 Å². The molecule has 98 heavy (non-hydrogen) atoms. The molecule has 19 rings (SSSR count). The predicted octanol–water partition coefficient (Wildman–Crippen LogP) is 27.3. The molecule has 0 fully saturated rings. The lowest BCUT2D eigenvalue weighted by atomic mass is 10.0. The molecule has 0 unspecified atom stereocenters. The summed E-state index contributed by atoms with van der Waals surface area (Å²) in [6.07, 6.45) is 0. The second-order valence-electron chi connectivity index (χ2n) is 23.9. The Hall–Kier alpha value is -12.5. The highest BCUT2D eigenvalue weighted by atomic mass is 32.1. The highest BCUT2D eigenvalue weighted by Gasteiger charge is 2.13. The highest BCUT2D eigenvalue weighted by molar-refractivity contribution is 7.26. The number of rotatable bonds is 11. The lowest BCUT2D eigenvalue weighted by Gasteiger charge is -2.10. The lowest BCUT2D eigenvalue weighted by molar-refractivity contribution is 0.668. The van der Waals surface area contributed by atoms with Crippen molar-refractivity contribution in [3.8, 4) is 33.4 Å². The van der Waals surface area contributed by atoms with Gasteiger partial charge >= 0.3 is 0 Å². The SMILES string of the molecule is c1ccc(-c2ccc(Nc3ccc4sc5ccccc5c4c3)cc2)cc1.c1ccc(-c2cccc(Nc3ccc4c(c3)oc3ccccc34)c2)cc1.c1ccc(-c2cccc(Nc3cccc4sc5ccccc5c34)c2)cc1.c1ccc(Nc2ccc3c(c2)oc2ccccc23)cc1. The van der Waals surface area contributed by atoms with Gasteiger partial charge in [-0.05, 0) is 161 Å². The van der Waals surface area contributed by atoms with E-state index in [0.29, 0.717) is 0 Å². The van der Waals surface area contributed by atoms with Gasteiger partial charge in [0.2, 0.25) is 0 Å². The van der Waals surface area contributed by atoms with Gasteiger partial charge in [0.05, 0.1) is 0 Å². The van der Waals surface area contributed by atoms with Crippen molar-refractivity contribution in [2.75, 3.05) is 21.3 Å². The van der Waals surface area contributed by atoms with Crippen LogP contribution in [0, 0.1) is 0 Å². The van der Waals surface area contributed by atoms with E-state index in [1.807, 2.05) is 114 Å². The Bertz CT molecular complexity index is 5940. The number of anilines is 8. The number of para-hydroxylation sites is 3. The van der Waals surface area contributed by atoms with E-state index >= 15 is 0 Å². The maximum Gasteiger partial charge on any atom is 0.137 e. The molecule has 4 aromatic heterocycles. The third-order valence-electron chi connectivity index (χ3n) is 17.4. The molecule has 19 aromatic rings. The summed E-state index contributed by atoms with van der Waals surface area (Å²) >= 11 is 3.69. The monoisotopic (exact) mass is 1300 g/mol. The van der Waals surface area contributed by atoms with Crippen molar-refractivity contribution < 1.29 is 8.83 Å². The van der Waals surface area contributed by atoms with Crippen LogP contribution in [0.5, 0.6) is 0 Å². The Balaban J connectivity index is 0.000000103. The average Bonchev–Trinajstić information content (AvgIpc) is 1.63. The van der Waals surface area contributed by atoms with Gasteiger partial charge < -0.3 is 30.1 Å². The number of hydrogen-bond acceptors (Lipinski definition) is 8.